The molecule has 2 amide bonds. The number of nitrogens with one attached hydrogen (secondary N) is 1. The van der Waals surface area contributed by atoms with Gasteiger partial charge < -0.3 is 10.2 Å². The summed E-state index contributed by atoms with van der Waals surface area (Å²) in [5.74, 6) is -1.23. The van der Waals surface area contributed by atoms with Crippen molar-refractivity contribution in [1.29, 1.82) is 0 Å². The van der Waals surface area contributed by atoms with E-state index in [2.05, 4.69) is 5.32 Å². The fourth-order valence-corrected chi connectivity index (χ4v) is 4.39. The predicted octanol–water partition coefficient (Wildman–Crippen LogP) is 4.46. The number of halogens is 4. The molecule has 0 aliphatic heterocycles. The van der Waals surface area contributed by atoms with E-state index >= 15 is 0 Å². The van der Waals surface area contributed by atoms with Gasteiger partial charge in [0.2, 0.25) is 21.8 Å². The van der Waals surface area contributed by atoms with Gasteiger partial charge in [-0.1, -0.05) is 36.7 Å². The SMILES string of the molecule is CC[C@@H](C)NC(=O)[C@H](C)N(Cc1cccc(Cl)c1)C(=O)CN(c1cccc(C(F)(F)F)c1)S(C)(=O)=O. The smallest absolute Gasteiger partial charge is 0.352 e. The summed E-state index contributed by atoms with van der Waals surface area (Å²) in [6.07, 6.45) is -3.26. The van der Waals surface area contributed by atoms with Crippen LogP contribution in [0.25, 0.3) is 0 Å². The van der Waals surface area contributed by atoms with Crippen molar-refractivity contribution in [3.8, 4) is 0 Å². The molecule has 2 atom stereocenters. The number of rotatable bonds is 10. The molecule has 0 aliphatic rings. The summed E-state index contributed by atoms with van der Waals surface area (Å²) in [4.78, 5) is 27.4. The third kappa shape index (κ3) is 8.12. The van der Waals surface area contributed by atoms with Crippen LogP contribution in [0, 0.1) is 0 Å². The van der Waals surface area contributed by atoms with Crippen molar-refractivity contribution in [3.63, 3.8) is 0 Å². The zero-order chi connectivity index (χ0) is 27.3. The zero-order valence-corrected chi connectivity index (χ0v) is 21.9. The maximum absolute atomic E-state index is 13.4. The third-order valence-electron chi connectivity index (χ3n) is 5.55. The van der Waals surface area contributed by atoms with Crippen molar-refractivity contribution in [2.45, 2.75) is 52.0 Å². The largest absolute Gasteiger partial charge is 0.416 e. The molecular weight excluding hydrogens is 519 g/mol. The van der Waals surface area contributed by atoms with E-state index in [1.54, 1.807) is 31.2 Å². The number of benzene rings is 2. The molecule has 0 fully saturated rings. The molecule has 0 heterocycles. The average Bonchev–Trinajstić information content (AvgIpc) is 2.79. The van der Waals surface area contributed by atoms with Crippen molar-refractivity contribution in [3.05, 3.63) is 64.7 Å². The first-order valence-electron chi connectivity index (χ1n) is 11.1. The quantitative estimate of drug-likeness (QED) is 0.476. The van der Waals surface area contributed by atoms with Gasteiger partial charge in [0.25, 0.3) is 0 Å². The van der Waals surface area contributed by atoms with Crippen LogP contribution in [0.4, 0.5) is 18.9 Å². The summed E-state index contributed by atoms with van der Waals surface area (Å²) in [6, 6.07) is 9.11. The van der Waals surface area contributed by atoms with Gasteiger partial charge in [-0.25, -0.2) is 8.42 Å². The lowest BCUT2D eigenvalue weighted by Gasteiger charge is -2.32. The Hall–Kier alpha value is -2.79. The van der Waals surface area contributed by atoms with Crippen LogP contribution in [-0.2, 0) is 32.3 Å². The van der Waals surface area contributed by atoms with E-state index in [1.165, 1.54) is 17.9 Å². The average molecular weight is 548 g/mol. The van der Waals surface area contributed by atoms with E-state index in [9.17, 15) is 31.2 Å². The van der Waals surface area contributed by atoms with Gasteiger partial charge in [0.1, 0.15) is 12.6 Å². The topological polar surface area (TPSA) is 86.8 Å². The highest BCUT2D eigenvalue weighted by Gasteiger charge is 2.33. The highest BCUT2D eigenvalue weighted by Crippen LogP contribution is 2.32. The lowest BCUT2D eigenvalue weighted by atomic mass is 10.1. The maximum atomic E-state index is 13.4. The number of anilines is 1. The van der Waals surface area contributed by atoms with Gasteiger partial charge in [-0.3, -0.25) is 13.9 Å². The van der Waals surface area contributed by atoms with Crippen molar-refractivity contribution >= 4 is 39.1 Å². The number of sulfonamides is 1. The molecule has 1 N–H and O–H groups in total. The summed E-state index contributed by atoms with van der Waals surface area (Å²) >= 11 is 6.05. The van der Waals surface area contributed by atoms with Crippen LogP contribution in [0.1, 0.15) is 38.3 Å². The van der Waals surface area contributed by atoms with Crippen LogP contribution in [0.15, 0.2) is 48.5 Å². The van der Waals surface area contributed by atoms with Gasteiger partial charge in [0.15, 0.2) is 0 Å². The van der Waals surface area contributed by atoms with Gasteiger partial charge in [-0.05, 0) is 56.2 Å². The second-order valence-corrected chi connectivity index (χ2v) is 10.8. The lowest BCUT2D eigenvalue weighted by molar-refractivity contribution is -0.139. The molecule has 2 aromatic rings. The van der Waals surface area contributed by atoms with Crippen molar-refractivity contribution in [2.24, 2.45) is 0 Å². The van der Waals surface area contributed by atoms with E-state index in [0.29, 0.717) is 27.4 Å². The Morgan fingerprint density at radius 2 is 1.72 bits per heavy atom. The van der Waals surface area contributed by atoms with E-state index in [4.69, 9.17) is 11.6 Å². The molecule has 0 bridgehead atoms. The molecule has 0 radical (unpaired) electrons. The first-order chi connectivity index (χ1) is 16.6. The molecule has 2 rings (SSSR count). The van der Waals surface area contributed by atoms with Crippen molar-refractivity contribution in [1.82, 2.24) is 10.2 Å². The molecule has 36 heavy (non-hydrogen) atoms. The molecule has 0 aliphatic carbocycles. The predicted molar refractivity (Wildman–Crippen MR) is 133 cm³/mol. The van der Waals surface area contributed by atoms with Crippen molar-refractivity contribution in [2.75, 3.05) is 17.1 Å². The Morgan fingerprint density at radius 3 is 2.28 bits per heavy atom. The first kappa shape index (κ1) is 29.4. The van der Waals surface area contributed by atoms with Crippen LogP contribution in [0.2, 0.25) is 5.02 Å². The zero-order valence-electron chi connectivity index (χ0n) is 20.3. The van der Waals surface area contributed by atoms with Gasteiger partial charge in [-0.15, -0.1) is 0 Å². The Bertz CT molecular complexity index is 1190. The fourth-order valence-electron chi connectivity index (χ4n) is 3.33. The molecule has 12 heteroatoms. The monoisotopic (exact) mass is 547 g/mol. The number of hydrogen-bond donors (Lipinski definition) is 1. The number of alkyl halides is 3. The van der Waals surface area contributed by atoms with E-state index in [0.717, 1.165) is 18.4 Å². The number of carbonyl (C=O) groups is 2. The fraction of sp³-hybridized carbons (Fsp3) is 0.417. The van der Waals surface area contributed by atoms with Gasteiger partial charge in [0.05, 0.1) is 17.5 Å². The summed E-state index contributed by atoms with van der Waals surface area (Å²) in [5, 5.41) is 3.19. The number of carbonyl (C=O) groups excluding carboxylic acids is 2. The van der Waals surface area contributed by atoms with E-state index in [-0.39, 0.29) is 18.3 Å². The van der Waals surface area contributed by atoms with E-state index < -0.39 is 46.2 Å². The Kier molecular flexibility index (Phi) is 9.78. The van der Waals surface area contributed by atoms with Gasteiger partial charge in [-0.2, -0.15) is 13.2 Å². The van der Waals surface area contributed by atoms with Crippen LogP contribution >= 0.6 is 11.6 Å². The highest BCUT2D eigenvalue weighted by atomic mass is 35.5. The standard InChI is InChI=1S/C24H29ClF3N3O4S/c1-5-16(2)29-23(33)17(3)30(14-18-8-6-10-20(25)12-18)22(32)15-31(36(4,34)35)21-11-7-9-19(13-21)24(26,27)28/h6-13,16-17H,5,14-15H2,1-4H3,(H,29,33)/t16-,17+/m1/s1. The lowest BCUT2D eigenvalue weighted by Crippen LogP contribution is -2.52. The second kappa shape index (κ2) is 12.0. The van der Waals surface area contributed by atoms with Crippen LogP contribution in [-0.4, -0.2) is 50.0 Å². The maximum Gasteiger partial charge on any atom is 0.416 e. The van der Waals surface area contributed by atoms with Crippen molar-refractivity contribution < 1.29 is 31.2 Å². The number of amides is 2. The second-order valence-electron chi connectivity index (χ2n) is 8.46. The van der Waals surface area contributed by atoms with Gasteiger partial charge in [0, 0.05) is 17.6 Å². The minimum atomic E-state index is -4.70. The van der Waals surface area contributed by atoms with Gasteiger partial charge >= 0.3 is 6.18 Å². The summed E-state index contributed by atoms with van der Waals surface area (Å²) in [6.45, 7) is 4.29. The van der Waals surface area contributed by atoms with Crippen LogP contribution < -0.4 is 9.62 Å². The normalized spacial score (nSPS) is 13.6. The molecule has 0 unspecified atom stereocenters. The van der Waals surface area contributed by atoms with Crippen LogP contribution in [0.5, 0.6) is 0 Å². The molecule has 0 saturated heterocycles. The van der Waals surface area contributed by atoms with Crippen LogP contribution in [0.3, 0.4) is 0 Å². The minimum absolute atomic E-state index is 0.0747. The molecule has 0 saturated carbocycles. The molecule has 2 aromatic carbocycles. The molecule has 0 spiro atoms. The molecule has 198 valence electrons. The number of hydrogen-bond acceptors (Lipinski definition) is 4. The third-order valence-corrected chi connectivity index (χ3v) is 6.93. The Morgan fingerprint density at radius 1 is 1.08 bits per heavy atom. The summed E-state index contributed by atoms with van der Waals surface area (Å²) < 4.78 is 65.3. The molecule has 7 nitrogen and oxygen atoms in total. The van der Waals surface area contributed by atoms with E-state index in [1.807, 2.05) is 6.92 Å². The Labute approximate surface area is 214 Å². The Balaban J connectivity index is 2.44. The summed E-state index contributed by atoms with van der Waals surface area (Å²) in [5.41, 5.74) is -0.790. The summed E-state index contributed by atoms with van der Waals surface area (Å²) in [7, 11) is -4.16. The highest BCUT2D eigenvalue weighted by molar-refractivity contribution is 7.92. The molecular formula is C24H29ClF3N3O4S. The minimum Gasteiger partial charge on any atom is -0.352 e. The first-order valence-corrected chi connectivity index (χ1v) is 13.3. The number of nitrogens with zero attached hydrogens (tertiary/aromatic N) is 2. The molecule has 0 aromatic heterocycles.